The second kappa shape index (κ2) is 12.4. The summed E-state index contributed by atoms with van der Waals surface area (Å²) in [4.78, 5) is 17.4. The number of anilines is 1. The summed E-state index contributed by atoms with van der Waals surface area (Å²) in [6, 6.07) is 8.88. The van der Waals surface area contributed by atoms with Crippen molar-refractivity contribution in [3.8, 4) is 0 Å². The molecule has 0 radical (unpaired) electrons. The molecule has 168 valence electrons. The van der Waals surface area contributed by atoms with Gasteiger partial charge in [-0.05, 0) is 23.6 Å². The summed E-state index contributed by atoms with van der Waals surface area (Å²) in [6.07, 6.45) is 2.26. The van der Waals surface area contributed by atoms with Gasteiger partial charge in [-0.2, -0.15) is 11.8 Å². The molecule has 0 spiro atoms. The van der Waals surface area contributed by atoms with Crippen LogP contribution in [0.25, 0.3) is 0 Å². The standard InChI is InChI=1S/C23H38N4O2S/c1-3-20(4-2)22(27-9-13-29-14-10-27)18-25-23(28)24-17-19-5-7-21(8-6-19)26-11-15-30-16-12-26/h5-8,20,22H,3-4,9-18H2,1-2H3,(H2,24,25,28). The SMILES string of the molecule is CCC(CC)C(CNC(=O)NCc1ccc(N2CCSCC2)cc1)N1CCOCC1. The molecule has 0 bridgehead atoms. The van der Waals surface area contributed by atoms with Crippen LogP contribution in [0.4, 0.5) is 10.5 Å². The van der Waals surface area contributed by atoms with Crippen molar-refractivity contribution >= 4 is 23.5 Å². The number of thioether (sulfide) groups is 1. The van der Waals surface area contributed by atoms with Crippen molar-refractivity contribution in [2.24, 2.45) is 5.92 Å². The first-order valence-corrected chi connectivity index (χ1v) is 12.6. The van der Waals surface area contributed by atoms with Crippen molar-refractivity contribution in [2.45, 2.75) is 39.3 Å². The highest BCUT2D eigenvalue weighted by molar-refractivity contribution is 7.99. The van der Waals surface area contributed by atoms with Gasteiger partial charge in [-0.1, -0.05) is 38.8 Å². The van der Waals surface area contributed by atoms with Gasteiger partial charge in [0.05, 0.1) is 13.2 Å². The number of carbonyl (C=O) groups excluding carboxylic acids is 1. The molecule has 1 aromatic carbocycles. The monoisotopic (exact) mass is 434 g/mol. The Balaban J connectivity index is 1.45. The van der Waals surface area contributed by atoms with E-state index in [2.05, 4.69) is 58.5 Å². The molecule has 6 nitrogen and oxygen atoms in total. The summed E-state index contributed by atoms with van der Waals surface area (Å²) in [5.41, 5.74) is 2.41. The van der Waals surface area contributed by atoms with E-state index < -0.39 is 0 Å². The lowest BCUT2D eigenvalue weighted by Crippen LogP contribution is -2.53. The van der Waals surface area contributed by atoms with E-state index in [1.165, 1.54) is 17.2 Å². The number of benzene rings is 1. The Morgan fingerprint density at radius 2 is 1.70 bits per heavy atom. The average Bonchev–Trinajstić information content (AvgIpc) is 2.82. The van der Waals surface area contributed by atoms with E-state index in [0.717, 1.165) is 57.8 Å². The van der Waals surface area contributed by atoms with Crippen molar-refractivity contribution in [3.63, 3.8) is 0 Å². The third-order valence-electron chi connectivity index (χ3n) is 6.34. The zero-order valence-electron chi connectivity index (χ0n) is 18.6. The Morgan fingerprint density at radius 1 is 1.03 bits per heavy atom. The normalized spacial score (nSPS) is 19.0. The molecule has 30 heavy (non-hydrogen) atoms. The number of nitrogens with zero attached hydrogens (tertiary/aromatic N) is 2. The number of hydrogen-bond donors (Lipinski definition) is 2. The van der Waals surface area contributed by atoms with Gasteiger partial charge in [0, 0.05) is 62.5 Å². The Labute approximate surface area is 186 Å². The highest BCUT2D eigenvalue weighted by Gasteiger charge is 2.27. The number of urea groups is 1. The topological polar surface area (TPSA) is 56.8 Å². The third-order valence-corrected chi connectivity index (χ3v) is 7.29. The smallest absolute Gasteiger partial charge is 0.315 e. The number of hydrogen-bond acceptors (Lipinski definition) is 5. The quantitative estimate of drug-likeness (QED) is 0.625. The molecule has 2 aliphatic rings. The van der Waals surface area contributed by atoms with Gasteiger partial charge < -0.3 is 20.3 Å². The highest BCUT2D eigenvalue weighted by Crippen LogP contribution is 2.21. The van der Waals surface area contributed by atoms with Gasteiger partial charge in [-0.15, -0.1) is 0 Å². The summed E-state index contributed by atoms with van der Waals surface area (Å²) in [5.74, 6) is 2.99. The van der Waals surface area contributed by atoms with Crippen LogP contribution in [0.3, 0.4) is 0 Å². The molecule has 0 aliphatic carbocycles. The maximum absolute atomic E-state index is 12.4. The molecule has 7 heteroatoms. The van der Waals surface area contributed by atoms with Crippen LogP contribution in [0.15, 0.2) is 24.3 Å². The van der Waals surface area contributed by atoms with E-state index in [0.29, 0.717) is 25.0 Å². The van der Waals surface area contributed by atoms with E-state index in [1.54, 1.807) is 0 Å². The van der Waals surface area contributed by atoms with Crippen molar-refractivity contribution in [1.29, 1.82) is 0 Å². The molecule has 2 fully saturated rings. The molecule has 0 saturated carbocycles. The van der Waals surface area contributed by atoms with Crippen LogP contribution in [0, 0.1) is 5.92 Å². The number of rotatable bonds is 9. The van der Waals surface area contributed by atoms with Crippen molar-refractivity contribution < 1.29 is 9.53 Å². The first kappa shape index (κ1) is 23.2. The lowest BCUT2D eigenvalue weighted by Gasteiger charge is -2.38. The van der Waals surface area contributed by atoms with E-state index in [9.17, 15) is 4.79 Å². The molecule has 1 unspecified atom stereocenters. The molecular weight excluding hydrogens is 396 g/mol. The minimum absolute atomic E-state index is 0.0867. The van der Waals surface area contributed by atoms with Crippen molar-refractivity contribution in [3.05, 3.63) is 29.8 Å². The van der Waals surface area contributed by atoms with Crippen LogP contribution >= 0.6 is 11.8 Å². The van der Waals surface area contributed by atoms with Gasteiger partial charge in [-0.3, -0.25) is 4.90 Å². The van der Waals surface area contributed by atoms with Crippen LogP contribution in [-0.2, 0) is 11.3 Å². The van der Waals surface area contributed by atoms with Gasteiger partial charge >= 0.3 is 6.03 Å². The van der Waals surface area contributed by atoms with Crippen LogP contribution in [-0.4, -0.2) is 74.4 Å². The number of amides is 2. The average molecular weight is 435 g/mol. The number of nitrogens with one attached hydrogen (secondary N) is 2. The van der Waals surface area contributed by atoms with Gasteiger partial charge in [0.25, 0.3) is 0 Å². The Morgan fingerprint density at radius 3 is 2.33 bits per heavy atom. The van der Waals surface area contributed by atoms with Crippen molar-refractivity contribution in [1.82, 2.24) is 15.5 Å². The second-order valence-electron chi connectivity index (χ2n) is 8.12. The van der Waals surface area contributed by atoms with Crippen LogP contribution in [0.1, 0.15) is 32.3 Å². The summed E-state index contributed by atoms with van der Waals surface area (Å²) < 4.78 is 5.51. The number of morpholine rings is 1. The zero-order valence-corrected chi connectivity index (χ0v) is 19.4. The Kier molecular flexibility index (Phi) is 9.62. The lowest BCUT2D eigenvalue weighted by molar-refractivity contribution is 0.00237. The van der Waals surface area contributed by atoms with Crippen LogP contribution in [0.2, 0.25) is 0 Å². The largest absolute Gasteiger partial charge is 0.379 e. The predicted molar refractivity (Wildman–Crippen MR) is 126 cm³/mol. The molecule has 2 aliphatic heterocycles. The summed E-state index contributed by atoms with van der Waals surface area (Å²) in [5, 5.41) is 6.14. The van der Waals surface area contributed by atoms with Gasteiger partial charge in [0.15, 0.2) is 0 Å². The zero-order chi connectivity index (χ0) is 21.2. The molecule has 2 N–H and O–H groups in total. The summed E-state index contributed by atoms with van der Waals surface area (Å²) in [6.45, 7) is 11.4. The first-order valence-electron chi connectivity index (χ1n) is 11.5. The van der Waals surface area contributed by atoms with E-state index in [4.69, 9.17) is 4.74 Å². The van der Waals surface area contributed by atoms with E-state index >= 15 is 0 Å². The first-order chi connectivity index (χ1) is 14.7. The van der Waals surface area contributed by atoms with Crippen LogP contribution in [0.5, 0.6) is 0 Å². The van der Waals surface area contributed by atoms with Gasteiger partial charge in [-0.25, -0.2) is 4.79 Å². The third kappa shape index (κ3) is 6.79. The predicted octanol–water partition coefficient (Wildman–Crippen LogP) is 3.18. The maximum atomic E-state index is 12.4. The lowest BCUT2D eigenvalue weighted by atomic mass is 9.92. The Bertz CT molecular complexity index is 627. The fraction of sp³-hybridized carbons (Fsp3) is 0.696. The summed E-state index contributed by atoms with van der Waals surface area (Å²) in [7, 11) is 0. The van der Waals surface area contributed by atoms with Crippen molar-refractivity contribution in [2.75, 3.05) is 62.3 Å². The fourth-order valence-electron chi connectivity index (χ4n) is 4.42. The van der Waals surface area contributed by atoms with E-state index in [-0.39, 0.29) is 6.03 Å². The molecule has 2 heterocycles. The summed E-state index contributed by atoms with van der Waals surface area (Å²) >= 11 is 2.02. The second-order valence-corrected chi connectivity index (χ2v) is 9.35. The fourth-order valence-corrected chi connectivity index (χ4v) is 5.33. The minimum Gasteiger partial charge on any atom is -0.379 e. The van der Waals surface area contributed by atoms with Crippen LogP contribution < -0.4 is 15.5 Å². The van der Waals surface area contributed by atoms with Gasteiger partial charge in [0.1, 0.15) is 0 Å². The number of ether oxygens (including phenoxy) is 1. The molecule has 3 rings (SSSR count). The molecule has 1 atom stereocenters. The molecule has 0 aromatic heterocycles. The highest BCUT2D eigenvalue weighted by atomic mass is 32.2. The molecule has 2 amide bonds. The minimum atomic E-state index is -0.0867. The van der Waals surface area contributed by atoms with Gasteiger partial charge in [0.2, 0.25) is 0 Å². The molecular formula is C23H38N4O2S. The maximum Gasteiger partial charge on any atom is 0.315 e. The number of carbonyl (C=O) groups is 1. The molecule has 1 aromatic rings. The molecule has 2 saturated heterocycles. The Hall–Kier alpha value is -1.44. The van der Waals surface area contributed by atoms with E-state index in [1.807, 2.05) is 11.8 Å².